The topological polar surface area (TPSA) is 67.4 Å². The maximum atomic E-state index is 13.5. The second-order valence-electron chi connectivity index (χ2n) is 7.76. The smallest absolute Gasteiger partial charge is 0.259 e. The van der Waals surface area contributed by atoms with Crippen LogP contribution < -0.4 is 15.5 Å². The van der Waals surface area contributed by atoms with Gasteiger partial charge in [0.05, 0.1) is 27.6 Å². The Morgan fingerprint density at radius 3 is 2.55 bits per heavy atom. The number of hydrogen-bond donors (Lipinski definition) is 1. The number of carbonyl (C=O) groups is 1. The molecular weight excluding hydrogens is 406 g/mol. The lowest BCUT2D eigenvalue weighted by Crippen LogP contribution is -2.55. The lowest BCUT2D eigenvalue weighted by molar-refractivity contribution is -0.123. The minimum atomic E-state index is -0.630. The molecular formula is C21H20ClN5OS. The van der Waals surface area contributed by atoms with Crippen LogP contribution in [0.1, 0.15) is 25.0 Å². The minimum Gasteiger partial charge on any atom is -0.398 e. The number of hydrogen-bond acceptors (Lipinski definition) is 4. The van der Waals surface area contributed by atoms with Crippen LogP contribution in [0.5, 0.6) is 0 Å². The van der Waals surface area contributed by atoms with Crippen LogP contribution in [0.4, 0.5) is 17.1 Å². The van der Waals surface area contributed by atoms with E-state index < -0.39 is 5.54 Å². The van der Waals surface area contributed by atoms with Crippen LogP contribution in [-0.4, -0.2) is 26.3 Å². The van der Waals surface area contributed by atoms with Crippen LogP contribution in [0.3, 0.4) is 0 Å². The van der Waals surface area contributed by atoms with Crippen molar-refractivity contribution in [3.8, 4) is 0 Å². The SMILES string of the molecule is Cc1nn(C)c2ccc(N3C(=S)N(c4ccc(N)c(Cl)c4)C(=O)C34CCC4)cc12. The molecule has 1 spiro atoms. The Morgan fingerprint density at radius 1 is 1.17 bits per heavy atom. The third kappa shape index (κ3) is 2.44. The molecule has 148 valence electrons. The number of benzene rings is 2. The highest BCUT2D eigenvalue weighted by atomic mass is 35.5. The van der Waals surface area contributed by atoms with Crippen LogP contribution in [0, 0.1) is 6.92 Å². The van der Waals surface area contributed by atoms with E-state index in [2.05, 4.69) is 11.2 Å². The van der Waals surface area contributed by atoms with Crippen LogP contribution in [0.2, 0.25) is 5.02 Å². The number of rotatable bonds is 2. The fourth-order valence-electron chi connectivity index (χ4n) is 4.43. The van der Waals surface area contributed by atoms with Crippen molar-refractivity contribution in [3.05, 3.63) is 47.1 Å². The molecule has 0 bridgehead atoms. The van der Waals surface area contributed by atoms with E-state index in [4.69, 9.17) is 29.6 Å². The van der Waals surface area contributed by atoms with Gasteiger partial charge >= 0.3 is 0 Å². The molecule has 1 aliphatic heterocycles. The monoisotopic (exact) mass is 425 g/mol. The van der Waals surface area contributed by atoms with Crippen molar-refractivity contribution in [1.82, 2.24) is 9.78 Å². The molecule has 0 unspecified atom stereocenters. The average Bonchev–Trinajstić information content (AvgIpc) is 3.07. The van der Waals surface area contributed by atoms with Crippen molar-refractivity contribution in [2.75, 3.05) is 15.5 Å². The van der Waals surface area contributed by atoms with Crippen LogP contribution in [0.15, 0.2) is 36.4 Å². The maximum Gasteiger partial charge on any atom is 0.259 e. The number of anilines is 3. The van der Waals surface area contributed by atoms with Crippen molar-refractivity contribution < 1.29 is 4.79 Å². The number of halogens is 1. The molecule has 3 aromatic rings. The van der Waals surface area contributed by atoms with Gasteiger partial charge in [0.2, 0.25) is 0 Å². The second-order valence-corrected chi connectivity index (χ2v) is 8.53. The van der Waals surface area contributed by atoms with Crippen molar-refractivity contribution in [1.29, 1.82) is 0 Å². The molecule has 1 saturated carbocycles. The quantitative estimate of drug-likeness (QED) is 0.492. The van der Waals surface area contributed by atoms with Crippen LogP contribution >= 0.6 is 23.8 Å². The van der Waals surface area contributed by atoms with Crippen LogP contribution in [-0.2, 0) is 11.8 Å². The first-order valence-electron chi connectivity index (χ1n) is 9.51. The number of thiocarbonyl (C=S) groups is 1. The molecule has 1 amide bonds. The van der Waals surface area contributed by atoms with Gasteiger partial charge in [-0.15, -0.1) is 0 Å². The van der Waals surface area contributed by atoms with Gasteiger partial charge < -0.3 is 10.6 Å². The van der Waals surface area contributed by atoms with Gasteiger partial charge in [0.25, 0.3) is 5.91 Å². The first-order valence-corrected chi connectivity index (χ1v) is 10.3. The Bertz CT molecular complexity index is 1200. The van der Waals surface area contributed by atoms with Crippen LogP contribution in [0.25, 0.3) is 10.9 Å². The minimum absolute atomic E-state index is 0.00223. The van der Waals surface area contributed by atoms with Crippen molar-refractivity contribution in [2.24, 2.45) is 7.05 Å². The molecule has 1 saturated heterocycles. The van der Waals surface area contributed by atoms with E-state index in [0.717, 1.165) is 41.5 Å². The zero-order valence-corrected chi connectivity index (χ0v) is 17.7. The zero-order chi connectivity index (χ0) is 20.5. The number of carbonyl (C=O) groups excluding carboxylic acids is 1. The molecule has 1 aromatic heterocycles. The molecule has 2 N–H and O–H groups in total. The van der Waals surface area contributed by atoms with Gasteiger partial charge in [0.15, 0.2) is 5.11 Å². The Hall–Kier alpha value is -2.64. The van der Waals surface area contributed by atoms with Crippen molar-refractivity contribution >= 4 is 62.8 Å². The fourth-order valence-corrected chi connectivity index (χ4v) is 5.07. The summed E-state index contributed by atoms with van der Waals surface area (Å²) in [6.45, 7) is 1.99. The summed E-state index contributed by atoms with van der Waals surface area (Å²) in [5.74, 6) is -0.00223. The van der Waals surface area contributed by atoms with Crippen molar-refractivity contribution in [3.63, 3.8) is 0 Å². The molecule has 5 rings (SSSR count). The predicted octanol–water partition coefficient (Wildman–Crippen LogP) is 4.18. The average molecular weight is 426 g/mol. The number of aromatic nitrogens is 2. The number of amides is 1. The third-order valence-corrected chi connectivity index (χ3v) is 6.80. The van der Waals surface area contributed by atoms with Gasteiger partial charge in [-0.1, -0.05) is 11.6 Å². The number of nitrogens with zero attached hydrogens (tertiary/aromatic N) is 4. The van der Waals surface area contributed by atoms with Gasteiger partial charge in [-0.05, 0) is 74.8 Å². The van der Waals surface area contributed by atoms with E-state index in [1.54, 1.807) is 23.1 Å². The summed E-state index contributed by atoms with van der Waals surface area (Å²) in [7, 11) is 1.93. The molecule has 2 fully saturated rings. The molecule has 0 atom stereocenters. The summed E-state index contributed by atoms with van der Waals surface area (Å²) < 4.78 is 1.86. The van der Waals surface area contributed by atoms with Gasteiger partial charge in [-0.25, -0.2) is 0 Å². The predicted molar refractivity (Wildman–Crippen MR) is 120 cm³/mol. The standard InChI is InChI=1S/C21H20ClN5OS/c1-12-15-10-14(5-7-18(15)25(2)24-12)27-20(29)26(19(28)21(27)8-3-9-21)13-4-6-17(23)16(22)11-13/h4-7,10-11H,3,8-9,23H2,1-2H3. The highest BCUT2D eigenvalue weighted by Gasteiger charge is 2.59. The molecule has 2 heterocycles. The normalized spacial score (nSPS) is 18.2. The lowest BCUT2D eigenvalue weighted by Gasteiger charge is -2.43. The lowest BCUT2D eigenvalue weighted by atomic mass is 9.75. The summed E-state index contributed by atoms with van der Waals surface area (Å²) in [5, 5.41) is 6.44. The van der Waals surface area contributed by atoms with Gasteiger partial charge in [0.1, 0.15) is 5.54 Å². The molecule has 6 nitrogen and oxygen atoms in total. The first kappa shape index (κ1) is 18.4. The fraction of sp³-hybridized carbons (Fsp3) is 0.286. The molecule has 1 aliphatic carbocycles. The van der Waals surface area contributed by atoms with E-state index in [1.807, 2.05) is 35.7 Å². The largest absolute Gasteiger partial charge is 0.398 e. The number of aryl methyl sites for hydroxylation is 2. The highest BCUT2D eigenvalue weighted by molar-refractivity contribution is 7.81. The summed E-state index contributed by atoms with van der Waals surface area (Å²) in [6.07, 6.45) is 2.54. The highest BCUT2D eigenvalue weighted by Crippen LogP contribution is 2.48. The Balaban J connectivity index is 1.64. The van der Waals surface area contributed by atoms with E-state index in [0.29, 0.717) is 21.5 Å². The van der Waals surface area contributed by atoms with Gasteiger partial charge in [-0.2, -0.15) is 5.10 Å². The Labute approximate surface area is 178 Å². The molecule has 0 radical (unpaired) electrons. The first-order chi connectivity index (χ1) is 13.8. The summed E-state index contributed by atoms with van der Waals surface area (Å²) in [4.78, 5) is 17.2. The van der Waals surface area contributed by atoms with E-state index >= 15 is 0 Å². The Morgan fingerprint density at radius 2 is 1.90 bits per heavy atom. The van der Waals surface area contributed by atoms with Gasteiger partial charge in [0, 0.05) is 18.1 Å². The number of nitrogen functional groups attached to an aromatic ring is 1. The number of fused-ring (bicyclic) bond motifs is 1. The second kappa shape index (κ2) is 6.18. The molecule has 2 aromatic carbocycles. The summed E-state index contributed by atoms with van der Waals surface area (Å²) in [6, 6.07) is 11.3. The molecule has 8 heteroatoms. The Kier molecular flexibility index (Phi) is 3.92. The molecule has 2 aliphatic rings. The molecule has 29 heavy (non-hydrogen) atoms. The van der Waals surface area contributed by atoms with E-state index in [9.17, 15) is 4.79 Å². The summed E-state index contributed by atoms with van der Waals surface area (Å²) >= 11 is 12.0. The van der Waals surface area contributed by atoms with Gasteiger partial charge in [-0.3, -0.25) is 14.4 Å². The zero-order valence-electron chi connectivity index (χ0n) is 16.1. The van der Waals surface area contributed by atoms with E-state index in [1.165, 1.54) is 0 Å². The third-order valence-electron chi connectivity index (χ3n) is 6.11. The number of nitrogens with two attached hydrogens (primary N) is 1. The van der Waals surface area contributed by atoms with Crippen molar-refractivity contribution in [2.45, 2.75) is 31.7 Å². The van der Waals surface area contributed by atoms with E-state index in [-0.39, 0.29) is 5.91 Å². The maximum absolute atomic E-state index is 13.5. The summed E-state index contributed by atoms with van der Waals surface area (Å²) in [5.41, 5.74) is 9.25.